The molecule has 1 fully saturated rings. The predicted octanol–water partition coefficient (Wildman–Crippen LogP) is -2.09. The largest absolute Gasteiger partial charge is 0.378 e. The average Bonchev–Trinajstić information content (AvgIpc) is 2.40. The van der Waals surface area contributed by atoms with Crippen molar-refractivity contribution in [1.82, 2.24) is 21.9 Å². The molecule has 5 radical (unpaired) electrons. The number of carbonyl (C=O) groups excluding carboxylic acids is 1. The third kappa shape index (κ3) is 1.67. The highest BCUT2D eigenvalue weighted by Gasteiger charge is 2.37. The smallest absolute Gasteiger partial charge is 0.361 e. The Morgan fingerprint density at radius 3 is 2.36 bits per heavy atom. The molecule has 0 aromatic carbocycles. The number of nitrogens with zero attached hydrogens (tertiary/aromatic N) is 6. The molecule has 1 rings (SSSR count). The van der Waals surface area contributed by atoms with Crippen molar-refractivity contribution < 1.29 is 9.58 Å². The van der Waals surface area contributed by atoms with Gasteiger partial charge in [-0.25, -0.2) is 0 Å². The second-order valence-corrected chi connectivity index (χ2v) is 1.71. The summed E-state index contributed by atoms with van der Waals surface area (Å²) in [7, 11) is 0. The summed E-state index contributed by atoms with van der Waals surface area (Å²) in [4.78, 5) is 13.3. The molecule has 1 heterocycles. The molecule has 0 spiro atoms. The van der Waals surface area contributed by atoms with E-state index < -0.39 is 5.78 Å². The summed E-state index contributed by atoms with van der Waals surface area (Å²) in [6.45, 7) is 1.23. The Labute approximate surface area is 62.7 Å². The molecule has 0 amide bonds. The number of rotatable bonds is 2. The van der Waals surface area contributed by atoms with Crippen LogP contribution in [0.1, 0.15) is 6.92 Å². The van der Waals surface area contributed by atoms with E-state index in [1.165, 1.54) is 6.92 Å². The van der Waals surface area contributed by atoms with Crippen LogP contribution in [0.25, 0.3) is 5.53 Å². The van der Waals surface area contributed by atoms with Gasteiger partial charge in [0.1, 0.15) is 0 Å². The normalized spacial score (nSPS) is 17.9. The molecule has 1 aliphatic rings. The van der Waals surface area contributed by atoms with Gasteiger partial charge in [0.2, 0.25) is 5.78 Å². The van der Waals surface area contributed by atoms with E-state index >= 15 is 0 Å². The van der Waals surface area contributed by atoms with E-state index in [9.17, 15) is 4.79 Å². The van der Waals surface area contributed by atoms with Crippen molar-refractivity contribution in [3.63, 3.8) is 0 Å². The van der Waals surface area contributed by atoms with Gasteiger partial charge in [-0.3, -0.25) is 4.79 Å². The van der Waals surface area contributed by atoms with E-state index in [4.69, 9.17) is 5.53 Å². The highest BCUT2D eigenvalue weighted by atomic mass is 16.1. The maximum atomic E-state index is 10.6. The summed E-state index contributed by atoms with van der Waals surface area (Å²) in [6, 6.07) is 0. The molecule has 0 atom stereocenters. The van der Waals surface area contributed by atoms with Crippen molar-refractivity contribution in [3.8, 4) is 0 Å². The zero-order valence-electron chi connectivity index (χ0n) is 5.59. The highest BCUT2D eigenvalue weighted by molar-refractivity contribution is 6.41. The van der Waals surface area contributed by atoms with Gasteiger partial charge in [-0.05, 0) is 11.1 Å². The van der Waals surface area contributed by atoms with Gasteiger partial charge in [0.05, 0.1) is 0 Å². The maximum Gasteiger partial charge on any atom is 0.378 e. The lowest BCUT2D eigenvalue weighted by Crippen LogP contribution is -2.29. The fraction of sp³-hybridized carbons (Fsp3) is 0.250. The molecule has 0 aliphatic carbocycles. The number of carbonyl (C=O) groups is 1. The lowest BCUT2D eigenvalue weighted by molar-refractivity contribution is -0.115. The van der Waals surface area contributed by atoms with Gasteiger partial charge in [0.25, 0.3) is 6.17 Å². The topological polar surface area (TPSA) is 110 Å². The molecule has 1 aliphatic heterocycles. The van der Waals surface area contributed by atoms with Gasteiger partial charge in [-0.15, -0.1) is 0 Å². The maximum absolute atomic E-state index is 10.6. The van der Waals surface area contributed by atoms with Gasteiger partial charge in [0.15, 0.2) is 0 Å². The molecule has 0 aromatic heterocycles. The van der Waals surface area contributed by atoms with E-state index in [1.807, 2.05) is 0 Å². The van der Waals surface area contributed by atoms with Crippen molar-refractivity contribution in [2.45, 2.75) is 6.92 Å². The molecule has 55 valence electrons. The molecule has 0 N–H and O–H groups in total. The average molecular weight is 151 g/mol. The van der Waals surface area contributed by atoms with Crippen molar-refractivity contribution in [3.05, 3.63) is 11.7 Å². The summed E-state index contributed by atoms with van der Waals surface area (Å²) in [5.74, 6) is -0.442. The van der Waals surface area contributed by atoms with Crippen LogP contribution in [0, 0.1) is 6.17 Å². The predicted molar refractivity (Wildman–Crippen MR) is 31.1 cm³/mol. The summed E-state index contributed by atoms with van der Waals surface area (Å²) in [6.07, 6.45) is -0.0694. The van der Waals surface area contributed by atoms with Crippen LogP contribution in [0.3, 0.4) is 0 Å². The molecule has 0 bridgehead atoms. The van der Waals surface area contributed by atoms with E-state index in [0.717, 1.165) is 0 Å². The Balaban J connectivity index is 2.70. The molecular formula is C4H3N6O. The molecule has 0 aromatic rings. The van der Waals surface area contributed by atoms with Crippen LogP contribution in [0.4, 0.5) is 0 Å². The first-order valence-corrected chi connectivity index (χ1v) is 2.67. The molecule has 7 heteroatoms. The minimum atomic E-state index is -0.442. The Hall–Kier alpha value is -1.11. The molecule has 0 saturated carbocycles. The van der Waals surface area contributed by atoms with Crippen LogP contribution in [-0.2, 0) is 4.79 Å². The Kier molecular flexibility index (Phi) is 2.42. The van der Waals surface area contributed by atoms with Gasteiger partial charge in [-0.2, -0.15) is 4.79 Å². The van der Waals surface area contributed by atoms with Crippen molar-refractivity contribution in [2.75, 3.05) is 0 Å². The minimum Gasteiger partial charge on any atom is -0.361 e. The lowest BCUT2D eigenvalue weighted by atomic mass is 10.2. The Morgan fingerprint density at radius 2 is 2.00 bits per heavy atom. The molecular weight excluding hydrogens is 148 g/mol. The number of Topliss-reactive ketones (excluding diaryl/α,β-unsaturated/α-hetero) is 1. The quantitative estimate of drug-likeness (QED) is 0.251. The zero-order valence-corrected chi connectivity index (χ0v) is 5.59. The Morgan fingerprint density at radius 1 is 1.45 bits per heavy atom. The monoisotopic (exact) mass is 151 g/mol. The van der Waals surface area contributed by atoms with Crippen LogP contribution >= 0.6 is 0 Å². The first-order chi connectivity index (χ1) is 5.25. The van der Waals surface area contributed by atoms with Gasteiger partial charge < -0.3 is 5.53 Å². The fourth-order valence-corrected chi connectivity index (χ4v) is 0.512. The van der Waals surface area contributed by atoms with Crippen LogP contribution < -0.4 is 21.9 Å². The van der Waals surface area contributed by atoms with E-state index in [1.54, 1.807) is 0 Å². The van der Waals surface area contributed by atoms with Crippen molar-refractivity contribution >= 4 is 11.5 Å². The van der Waals surface area contributed by atoms with Gasteiger partial charge in [0, 0.05) is 6.92 Å². The van der Waals surface area contributed by atoms with E-state index in [-0.39, 0.29) is 11.9 Å². The third-order valence-electron chi connectivity index (χ3n) is 0.964. The number of hydrogen-bond acceptors (Lipinski definition) is 1. The molecule has 7 nitrogen and oxygen atoms in total. The summed E-state index contributed by atoms with van der Waals surface area (Å²) in [5.41, 5.74) is 20.9. The first-order valence-electron chi connectivity index (χ1n) is 2.67. The summed E-state index contributed by atoms with van der Waals surface area (Å²) >= 11 is 0. The van der Waals surface area contributed by atoms with Crippen LogP contribution in [0.5, 0.6) is 0 Å². The van der Waals surface area contributed by atoms with Crippen molar-refractivity contribution in [1.29, 1.82) is 0 Å². The second-order valence-electron chi connectivity index (χ2n) is 1.71. The minimum absolute atomic E-state index is 0.0694. The first kappa shape index (κ1) is 7.99. The lowest BCUT2D eigenvalue weighted by Gasteiger charge is -1.91. The Bertz CT molecular complexity index is 213. The van der Waals surface area contributed by atoms with Crippen LogP contribution in [0.15, 0.2) is 0 Å². The standard InChI is InChI=1S/C4H3N6O/c1-2(11)3(6-5)4-7-9-10-8-4/h1H3. The second kappa shape index (κ2) is 3.33. The SMILES string of the molecule is CC(=O)C(=[N+]=[N-])[C]1[N][N][N][N]1. The fourth-order valence-electron chi connectivity index (χ4n) is 0.512. The highest BCUT2D eigenvalue weighted by Crippen LogP contribution is 1.98. The number of ketones is 1. The van der Waals surface area contributed by atoms with Crippen molar-refractivity contribution in [2.24, 2.45) is 0 Å². The van der Waals surface area contributed by atoms with Gasteiger partial charge >= 0.3 is 5.71 Å². The molecule has 11 heavy (non-hydrogen) atoms. The number of hydrogen-bond donors (Lipinski definition) is 0. The van der Waals surface area contributed by atoms with E-state index in [2.05, 4.69) is 26.7 Å². The van der Waals surface area contributed by atoms with Crippen LogP contribution in [-0.4, -0.2) is 16.3 Å². The third-order valence-corrected chi connectivity index (χ3v) is 0.964. The summed E-state index contributed by atoms with van der Waals surface area (Å²) < 4.78 is 0. The van der Waals surface area contributed by atoms with Crippen LogP contribution in [0.2, 0.25) is 0 Å². The zero-order chi connectivity index (χ0) is 8.27. The molecule has 0 unspecified atom stereocenters. The van der Waals surface area contributed by atoms with Gasteiger partial charge in [-0.1, -0.05) is 10.9 Å². The summed E-state index contributed by atoms with van der Waals surface area (Å²) in [5, 5.41) is 0. The van der Waals surface area contributed by atoms with E-state index in [0.29, 0.717) is 0 Å². The molecule has 1 saturated heterocycles.